The molecule has 0 aliphatic carbocycles. The van der Waals surface area contributed by atoms with Crippen LogP contribution >= 0.6 is 23.4 Å². The Bertz CT molecular complexity index is 273. The van der Waals surface area contributed by atoms with Gasteiger partial charge in [0.15, 0.2) is 0 Å². The van der Waals surface area contributed by atoms with Crippen molar-refractivity contribution in [2.45, 2.75) is 11.8 Å². The average Bonchev–Trinajstić information content (AvgIpc) is 1.99. The molecule has 1 aromatic carbocycles. The molecule has 1 rings (SSSR count). The zero-order valence-electron chi connectivity index (χ0n) is 6.39. The highest BCUT2D eigenvalue weighted by molar-refractivity contribution is 7.98. The van der Waals surface area contributed by atoms with Crippen LogP contribution in [0.3, 0.4) is 0 Å². The first-order valence-corrected chi connectivity index (χ1v) is 4.79. The first-order chi connectivity index (χ1) is 5.16. The third-order valence-corrected chi connectivity index (χ3v) is 2.86. The van der Waals surface area contributed by atoms with Crippen molar-refractivity contribution >= 4 is 23.4 Å². The van der Waals surface area contributed by atoms with Gasteiger partial charge in [-0.15, -0.1) is 11.8 Å². The van der Waals surface area contributed by atoms with Gasteiger partial charge in [-0.3, -0.25) is 0 Å². The summed E-state index contributed by atoms with van der Waals surface area (Å²) in [6.07, 6.45) is 1.92. The summed E-state index contributed by atoms with van der Waals surface area (Å²) in [7, 11) is 0. The van der Waals surface area contributed by atoms with E-state index in [1.165, 1.54) is 11.8 Å². The average molecular weight is 189 g/mol. The van der Waals surface area contributed by atoms with Crippen LogP contribution in [0.1, 0.15) is 5.56 Å². The highest BCUT2D eigenvalue weighted by Crippen LogP contribution is 2.33. The van der Waals surface area contributed by atoms with Crippen molar-refractivity contribution in [3.63, 3.8) is 0 Å². The van der Waals surface area contributed by atoms with Gasteiger partial charge in [-0.25, -0.2) is 0 Å². The van der Waals surface area contributed by atoms with Gasteiger partial charge in [0.1, 0.15) is 5.75 Å². The molecule has 11 heavy (non-hydrogen) atoms. The lowest BCUT2D eigenvalue weighted by molar-refractivity contribution is 0.461. The Morgan fingerprint density at radius 1 is 1.45 bits per heavy atom. The summed E-state index contributed by atoms with van der Waals surface area (Å²) in [5.74, 6) is 0.305. The molecule has 60 valence electrons. The van der Waals surface area contributed by atoms with Crippen molar-refractivity contribution in [1.29, 1.82) is 0 Å². The highest BCUT2D eigenvalue weighted by Gasteiger charge is 2.05. The van der Waals surface area contributed by atoms with Crippen molar-refractivity contribution < 1.29 is 5.11 Å². The van der Waals surface area contributed by atoms with E-state index in [1.807, 2.05) is 13.2 Å². The predicted molar refractivity (Wildman–Crippen MR) is 49.6 cm³/mol. The van der Waals surface area contributed by atoms with Gasteiger partial charge < -0.3 is 5.11 Å². The number of halogens is 1. The standard InChI is InChI=1S/C8H9ClOS/c1-5-6(9)3-4-7(10)8(5)11-2/h3-4,10H,1-2H3. The molecule has 0 unspecified atom stereocenters. The Hall–Kier alpha value is -0.340. The Labute approximate surface area is 75.4 Å². The van der Waals surface area contributed by atoms with E-state index in [9.17, 15) is 5.11 Å². The Kier molecular flexibility index (Phi) is 2.68. The van der Waals surface area contributed by atoms with Gasteiger partial charge in [-0.05, 0) is 30.9 Å². The van der Waals surface area contributed by atoms with Gasteiger partial charge in [-0.2, -0.15) is 0 Å². The molecule has 0 fully saturated rings. The van der Waals surface area contributed by atoms with E-state index < -0.39 is 0 Å². The largest absolute Gasteiger partial charge is 0.507 e. The van der Waals surface area contributed by atoms with Crippen LogP contribution in [0.15, 0.2) is 17.0 Å². The molecule has 0 spiro atoms. The first-order valence-electron chi connectivity index (χ1n) is 3.19. The van der Waals surface area contributed by atoms with Crippen LogP contribution in [-0.4, -0.2) is 11.4 Å². The van der Waals surface area contributed by atoms with Gasteiger partial charge in [0.05, 0.1) is 4.90 Å². The van der Waals surface area contributed by atoms with E-state index in [1.54, 1.807) is 12.1 Å². The monoisotopic (exact) mass is 188 g/mol. The number of phenols is 1. The minimum Gasteiger partial charge on any atom is -0.507 e. The zero-order chi connectivity index (χ0) is 8.43. The Morgan fingerprint density at radius 3 is 2.55 bits per heavy atom. The number of aromatic hydroxyl groups is 1. The minimum absolute atomic E-state index is 0.305. The number of hydrogen-bond acceptors (Lipinski definition) is 2. The van der Waals surface area contributed by atoms with Crippen molar-refractivity contribution in [2.24, 2.45) is 0 Å². The van der Waals surface area contributed by atoms with Crippen LogP contribution in [0.5, 0.6) is 5.75 Å². The molecule has 1 aromatic rings. The summed E-state index contributed by atoms with van der Waals surface area (Å²) in [6.45, 7) is 1.90. The van der Waals surface area contributed by atoms with Crippen LogP contribution in [0, 0.1) is 6.92 Å². The molecular weight excluding hydrogens is 180 g/mol. The predicted octanol–water partition coefficient (Wildman–Crippen LogP) is 3.08. The molecule has 0 aliphatic heterocycles. The maximum atomic E-state index is 9.34. The summed E-state index contributed by atoms with van der Waals surface area (Å²) in [5.41, 5.74) is 0.944. The van der Waals surface area contributed by atoms with Crippen LogP contribution in [0.4, 0.5) is 0 Å². The number of rotatable bonds is 1. The summed E-state index contributed by atoms with van der Waals surface area (Å²) < 4.78 is 0. The van der Waals surface area contributed by atoms with E-state index >= 15 is 0 Å². The molecule has 1 N–H and O–H groups in total. The van der Waals surface area contributed by atoms with Gasteiger partial charge in [0.2, 0.25) is 0 Å². The smallest absolute Gasteiger partial charge is 0.129 e. The van der Waals surface area contributed by atoms with Gasteiger partial charge in [0.25, 0.3) is 0 Å². The number of thioether (sulfide) groups is 1. The molecule has 3 heteroatoms. The maximum absolute atomic E-state index is 9.34. The number of phenolic OH excluding ortho intramolecular Hbond substituents is 1. The molecule has 0 saturated carbocycles. The third-order valence-electron chi connectivity index (χ3n) is 1.52. The molecule has 0 atom stereocenters. The molecule has 0 radical (unpaired) electrons. The van der Waals surface area contributed by atoms with Crippen LogP contribution in [0.25, 0.3) is 0 Å². The molecule has 0 aliphatic rings. The summed E-state index contributed by atoms with van der Waals surface area (Å²) in [6, 6.07) is 3.31. The van der Waals surface area contributed by atoms with Crippen molar-refractivity contribution in [2.75, 3.05) is 6.26 Å². The van der Waals surface area contributed by atoms with E-state index in [4.69, 9.17) is 11.6 Å². The van der Waals surface area contributed by atoms with E-state index in [0.717, 1.165) is 10.5 Å². The molecule has 0 bridgehead atoms. The van der Waals surface area contributed by atoms with Gasteiger partial charge in [0, 0.05) is 5.02 Å². The molecule has 1 nitrogen and oxygen atoms in total. The Balaban J connectivity index is 3.29. The molecular formula is C8H9ClOS. The molecule has 0 heterocycles. The molecule has 0 saturated heterocycles. The highest BCUT2D eigenvalue weighted by atomic mass is 35.5. The van der Waals surface area contributed by atoms with Gasteiger partial charge >= 0.3 is 0 Å². The fourth-order valence-electron chi connectivity index (χ4n) is 0.911. The van der Waals surface area contributed by atoms with Crippen LogP contribution in [0.2, 0.25) is 5.02 Å². The van der Waals surface area contributed by atoms with Crippen LogP contribution < -0.4 is 0 Å². The summed E-state index contributed by atoms with van der Waals surface area (Å²) >= 11 is 7.34. The molecule has 0 amide bonds. The SMILES string of the molecule is CSc1c(O)ccc(Cl)c1C. The number of hydrogen-bond donors (Lipinski definition) is 1. The lowest BCUT2D eigenvalue weighted by Crippen LogP contribution is -1.80. The second kappa shape index (κ2) is 3.37. The quantitative estimate of drug-likeness (QED) is 0.684. The van der Waals surface area contributed by atoms with E-state index in [0.29, 0.717) is 10.8 Å². The minimum atomic E-state index is 0.305. The van der Waals surface area contributed by atoms with Crippen molar-refractivity contribution in [3.8, 4) is 5.75 Å². The lowest BCUT2D eigenvalue weighted by atomic mass is 10.2. The van der Waals surface area contributed by atoms with Gasteiger partial charge in [-0.1, -0.05) is 11.6 Å². The first kappa shape index (κ1) is 8.75. The number of benzene rings is 1. The second-order valence-corrected chi connectivity index (χ2v) is 3.45. The van der Waals surface area contributed by atoms with Crippen LogP contribution in [-0.2, 0) is 0 Å². The van der Waals surface area contributed by atoms with E-state index in [2.05, 4.69) is 0 Å². The summed E-state index contributed by atoms with van der Waals surface area (Å²) in [4.78, 5) is 0.859. The normalized spacial score (nSPS) is 10.1. The zero-order valence-corrected chi connectivity index (χ0v) is 7.96. The third kappa shape index (κ3) is 1.63. The second-order valence-electron chi connectivity index (χ2n) is 2.22. The van der Waals surface area contributed by atoms with Crippen molar-refractivity contribution in [3.05, 3.63) is 22.7 Å². The maximum Gasteiger partial charge on any atom is 0.129 e. The fourth-order valence-corrected chi connectivity index (χ4v) is 1.82. The lowest BCUT2D eigenvalue weighted by Gasteiger charge is -2.05. The summed E-state index contributed by atoms with van der Waals surface area (Å²) in [5, 5.41) is 10.0. The topological polar surface area (TPSA) is 20.2 Å². The van der Waals surface area contributed by atoms with E-state index in [-0.39, 0.29) is 0 Å². The van der Waals surface area contributed by atoms with Crippen molar-refractivity contribution in [1.82, 2.24) is 0 Å². The molecule has 0 aromatic heterocycles. The Morgan fingerprint density at radius 2 is 2.09 bits per heavy atom. The fraction of sp³-hybridized carbons (Fsp3) is 0.250.